The van der Waals surface area contributed by atoms with Crippen LogP contribution in [0.25, 0.3) is 32.7 Å². The van der Waals surface area contributed by atoms with E-state index in [4.69, 9.17) is 20.9 Å². The second-order valence-electron chi connectivity index (χ2n) is 9.11. The van der Waals surface area contributed by atoms with Gasteiger partial charge in [-0.2, -0.15) is 0 Å². The van der Waals surface area contributed by atoms with Crippen LogP contribution in [0.4, 0.5) is 0 Å². The summed E-state index contributed by atoms with van der Waals surface area (Å²) in [6.07, 6.45) is 0. The first-order valence-electron chi connectivity index (χ1n) is 12.3. The predicted octanol–water partition coefficient (Wildman–Crippen LogP) is 6.91. The molecular weight excluding hydrogens is 581 g/mol. The number of thioether (sulfide) groups is 4. The lowest BCUT2D eigenvalue weighted by Crippen LogP contribution is -2.18. The molecule has 0 unspecified atom stereocenters. The van der Waals surface area contributed by atoms with Crippen LogP contribution in [-0.2, 0) is 9.59 Å². The van der Waals surface area contributed by atoms with Crippen LogP contribution < -0.4 is 20.9 Å². The molecule has 3 aliphatic heterocycles. The molecule has 40 heavy (non-hydrogen) atoms. The molecule has 4 aromatic carbocycles. The topological polar surface area (TPSA) is 105 Å². The van der Waals surface area contributed by atoms with Gasteiger partial charge in [0.1, 0.15) is 24.7 Å². The van der Waals surface area contributed by atoms with Crippen LogP contribution in [0.15, 0.2) is 101 Å². The Morgan fingerprint density at radius 1 is 0.575 bits per heavy atom. The number of amides is 2. The maximum Gasteiger partial charge on any atom is 0.256 e. The predicted molar refractivity (Wildman–Crippen MR) is 168 cm³/mol. The molecule has 2 amide bonds. The van der Waals surface area contributed by atoms with Crippen LogP contribution >= 0.6 is 47.0 Å². The van der Waals surface area contributed by atoms with Crippen LogP contribution in [0.1, 0.15) is 0 Å². The van der Waals surface area contributed by atoms with E-state index in [-0.39, 0.29) is 9.81 Å². The number of nitrogens with two attached hydrogens (primary N) is 2. The summed E-state index contributed by atoms with van der Waals surface area (Å²) >= 11 is 5.52. The minimum atomic E-state index is -0.659. The lowest BCUT2D eigenvalue weighted by molar-refractivity contribution is -0.116. The Morgan fingerprint density at radius 2 is 1.00 bits per heavy atom. The molecule has 6 nitrogen and oxygen atoms in total. The third kappa shape index (κ3) is 4.35. The number of carbonyl (C=O) groups excluding carboxylic acids is 2. The minimum Gasteiger partial charge on any atom is -0.488 e. The average Bonchev–Trinajstić information content (AvgIpc) is 3.60. The summed E-state index contributed by atoms with van der Waals surface area (Å²) in [5.41, 5.74) is 13.1. The second-order valence-corrected chi connectivity index (χ2v) is 13.9. The van der Waals surface area contributed by atoms with E-state index in [0.29, 0.717) is 13.2 Å². The van der Waals surface area contributed by atoms with Crippen molar-refractivity contribution in [3.05, 3.63) is 101 Å². The van der Waals surface area contributed by atoms with Gasteiger partial charge in [0, 0.05) is 20.9 Å². The number of ether oxygens (including phenoxy) is 2. The Labute approximate surface area is 246 Å². The zero-order chi connectivity index (χ0) is 27.4. The fourth-order valence-electron chi connectivity index (χ4n) is 4.91. The number of benzene rings is 4. The van der Waals surface area contributed by atoms with E-state index in [9.17, 15) is 9.59 Å². The van der Waals surface area contributed by atoms with Gasteiger partial charge in [0.05, 0.1) is 18.3 Å². The average molecular weight is 601 g/mol. The van der Waals surface area contributed by atoms with E-state index in [2.05, 4.69) is 36.4 Å². The lowest BCUT2D eigenvalue weighted by atomic mass is 9.92. The molecule has 10 heteroatoms. The SMILES string of the molecule is NC(=O)C1=C(C(N)=O)SC(=C2SC3=C(COc4ccc5ccccc5c4-c4c(ccc5ccccc45)OC3)S2)S1. The zero-order valence-electron chi connectivity index (χ0n) is 20.8. The van der Waals surface area contributed by atoms with Crippen molar-refractivity contribution in [2.75, 3.05) is 13.2 Å². The van der Waals surface area contributed by atoms with Crippen molar-refractivity contribution in [2.24, 2.45) is 11.5 Å². The van der Waals surface area contributed by atoms with Gasteiger partial charge in [-0.15, -0.1) is 0 Å². The Hall–Kier alpha value is -3.44. The Kier molecular flexibility index (Phi) is 6.50. The van der Waals surface area contributed by atoms with Gasteiger partial charge in [0.25, 0.3) is 11.8 Å². The van der Waals surface area contributed by atoms with Crippen molar-refractivity contribution in [3.63, 3.8) is 0 Å². The second kappa shape index (κ2) is 10.2. The van der Waals surface area contributed by atoms with Gasteiger partial charge in [0.2, 0.25) is 0 Å². The largest absolute Gasteiger partial charge is 0.488 e. The normalized spacial score (nSPS) is 16.9. The van der Waals surface area contributed by atoms with Crippen LogP contribution in [0.3, 0.4) is 0 Å². The molecule has 7 rings (SSSR count). The molecular formula is C30H20N2O4S4. The number of rotatable bonds is 2. The van der Waals surface area contributed by atoms with E-state index in [1.165, 1.54) is 23.5 Å². The third-order valence-corrected chi connectivity index (χ3v) is 12.5. The molecule has 0 atom stereocenters. The summed E-state index contributed by atoms with van der Waals surface area (Å²) in [7, 11) is 0. The van der Waals surface area contributed by atoms with Gasteiger partial charge >= 0.3 is 0 Å². The zero-order valence-corrected chi connectivity index (χ0v) is 24.0. The van der Waals surface area contributed by atoms with Crippen molar-refractivity contribution in [3.8, 4) is 22.6 Å². The first-order chi connectivity index (χ1) is 19.5. The van der Waals surface area contributed by atoms with Gasteiger partial charge in [-0.1, -0.05) is 108 Å². The number of carbonyl (C=O) groups is 2. The summed E-state index contributed by atoms with van der Waals surface area (Å²) in [6, 6.07) is 24.8. The molecule has 0 aliphatic carbocycles. The van der Waals surface area contributed by atoms with Gasteiger partial charge in [-0.3, -0.25) is 9.59 Å². The van der Waals surface area contributed by atoms with Crippen LogP contribution in [0, 0.1) is 0 Å². The van der Waals surface area contributed by atoms with Crippen LogP contribution in [0.5, 0.6) is 11.5 Å². The van der Waals surface area contributed by atoms with Crippen molar-refractivity contribution < 1.29 is 19.1 Å². The standard InChI is InChI=1S/C30H20N2O4S4/c31-27(33)25-26(28(32)34)40-30(39-25)29-37-21-13-35-19-11-9-15-5-1-3-7-17(15)23(19)24-18-8-4-2-6-16(18)10-12-20(24)36-14-22(21)38-29/h1-12H,13-14H2,(H2,31,33)(H2,32,34). The maximum absolute atomic E-state index is 12.0. The monoisotopic (exact) mass is 600 g/mol. The van der Waals surface area contributed by atoms with Gasteiger partial charge in [-0.05, 0) is 33.7 Å². The van der Waals surface area contributed by atoms with E-state index in [1.807, 2.05) is 36.4 Å². The van der Waals surface area contributed by atoms with Crippen molar-refractivity contribution in [2.45, 2.75) is 0 Å². The van der Waals surface area contributed by atoms with Gasteiger partial charge in [0.15, 0.2) is 0 Å². The first kappa shape index (κ1) is 25.5. The molecule has 3 heterocycles. The molecule has 4 N–H and O–H groups in total. The van der Waals surface area contributed by atoms with E-state index < -0.39 is 11.8 Å². The quantitative estimate of drug-likeness (QED) is 0.256. The summed E-state index contributed by atoms with van der Waals surface area (Å²) < 4.78 is 14.9. The van der Waals surface area contributed by atoms with Crippen molar-refractivity contribution in [1.82, 2.24) is 0 Å². The number of hydrogen-bond acceptors (Lipinski definition) is 8. The molecule has 0 aromatic heterocycles. The molecule has 198 valence electrons. The highest BCUT2D eigenvalue weighted by Gasteiger charge is 2.34. The smallest absolute Gasteiger partial charge is 0.256 e. The van der Waals surface area contributed by atoms with E-state index in [1.54, 1.807) is 23.5 Å². The van der Waals surface area contributed by atoms with Gasteiger partial charge < -0.3 is 20.9 Å². The number of fused-ring (bicyclic) bond motifs is 7. The highest BCUT2D eigenvalue weighted by molar-refractivity contribution is 8.34. The molecule has 0 saturated heterocycles. The molecule has 0 fully saturated rings. The minimum absolute atomic E-state index is 0.184. The Morgan fingerprint density at radius 3 is 1.45 bits per heavy atom. The Balaban J connectivity index is 1.33. The molecule has 0 radical (unpaired) electrons. The van der Waals surface area contributed by atoms with Gasteiger partial charge in [-0.25, -0.2) is 0 Å². The molecule has 4 aromatic rings. The van der Waals surface area contributed by atoms with Crippen LogP contribution in [-0.4, -0.2) is 25.0 Å². The summed E-state index contributed by atoms with van der Waals surface area (Å²) in [4.78, 5) is 26.3. The highest BCUT2D eigenvalue weighted by Crippen LogP contribution is 2.60. The summed E-state index contributed by atoms with van der Waals surface area (Å²) in [5, 5.41) is 4.43. The fourth-order valence-corrected chi connectivity index (χ4v) is 10.2. The third-order valence-electron chi connectivity index (χ3n) is 6.70. The van der Waals surface area contributed by atoms with E-state index >= 15 is 0 Å². The highest BCUT2D eigenvalue weighted by atomic mass is 32.2. The number of primary amides is 2. The summed E-state index contributed by atoms with van der Waals surface area (Å²) in [5.74, 6) is 0.236. The Bertz CT molecular complexity index is 1750. The maximum atomic E-state index is 12.0. The van der Waals surface area contributed by atoms with Crippen molar-refractivity contribution in [1.29, 1.82) is 0 Å². The lowest BCUT2D eigenvalue weighted by Gasteiger charge is -2.21. The fraction of sp³-hybridized carbons (Fsp3) is 0.0667. The summed E-state index contributed by atoms with van der Waals surface area (Å²) in [6.45, 7) is 0.708. The number of hydrogen-bond donors (Lipinski definition) is 2. The van der Waals surface area contributed by atoms with Crippen LogP contribution in [0.2, 0.25) is 0 Å². The van der Waals surface area contributed by atoms with E-state index in [0.717, 1.165) is 62.5 Å². The first-order valence-corrected chi connectivity index (χ1v) is 15.6. The molecule has 0 spiro atoms. The molecule has 3 aliphatic rings. The molecule has 0 saturated carbocycles. The molecule has 0 bridgehead atoms. The van der Waals surface area contributed by atoms with Crippen molar-refractivity contribution >= 4 is 80.4 Å².